The lowest BCUT2D eigenvalue weighted by atomic mass is 10.1. The number of methoxy groups -OCH3 is 1. The Morgan fingerprint density at radius 1 is 1.08 bits per heavy atom. The molecule has 1 unspecified atom stereocenters. The molecule has 2 aromatic carbocycles. The highest BCUT2D eigenvalue weighted by atomic mass is 16.5. The van der Waals surface area contributed by atoms with Crippen molar-refractivity contribution in [1.82, 2.24) is 0 Å². The third kappa shape index (κ3) is 2.65. The summed E-state index contributed by atoms with van der Waals surface area (Å²) >= 11 is 0. The molecule has 0 aliphatic carbocycles. The summed E-state index contributed by atoms with van der Waals surface area (Å²) in [7, 11) is 1.60. The van der Waals surface area contributed by atoms with E-state index in [2.05, 4.69) is 6.07 Å². The Kier molecular flexibility index (Phi) is 3.92. The zero-order chi connectivity index (χ0) is 17.4. The Morgan fingerprint density at radius 2 is 1.84 bits per heavy atom. The Labute approximate surface area is 146 Å². The molecule has 1 saturated heterocycles. The van der Waals surface area contributed by atoms with Crippen LogP contribution in [-0.4, -0.2) is 31.5 Å². The largest absolute Gasteiger partial charge is 0.497 e. The van der Waals surface area contributed by atoms with Gasteiger partial charge in [0, 0.05) is 24.3 Å². The molecular weight excluding hydrogens is 316 g/mol. The number of carbonyl (C=O) groups is 2. The minimum Gasteiger partial charge on any atom is -0.497 e. The van der Waals surface area contributed by atoms with Crippen LogP contribution in [0.5, 0.6) is 5.75 Å². The zero-order valence-electron chi connectivity index (χ0n) is 14.1. The number of benzene rings is 2. The van der Waals surface area contributed by atoms with E-state index in [9.17, 15) is 9.59 Å². The third-order valence-electron chi connectivity index (χ3n) is 5.00. The molecule has 5 nitrogen and oxygen atoms in total. The number of rotatable bonds is 3. The van der Waals surface area contributed by atoms with Gasteiger partial charge in [0.15, 0.2) is 0 Å². The van der Waals surface area contributed by atoms with Gasteiger partial charge in [-0.3, -0.25) is 14.5 Å². The van der Waals surface area contributed by atoms with Crippen LogP contribution in [0.2, 0.25) is 0 Å². The Bertz CT molecular complexity index is 816. The summed E-state index contributed by atoms with van der Waals surface area (Å²) in [6.07, 6.45) is 1.82. The molecule has 2 aliphatic heterocycles. The first-order valence-electron chi connectivity index (χ1n) is 8.54. The molecule has 2 heterocycles. The zero-order valence-corrected chi connectivity index (χ0v) is 14.1. The third-order valence-corrected chi connectivity index (χ3v) is 5.00. The fourth-order valence-electron chi connectivity index (χ4n) is 3.73. The second kappa shape index (κ2) is 6.24. The maximum atomic E-state index is 13.2. The summed E-state index contributed by atoms with van der Waals surface area (Å²) in [5, 5.41) is 0. The molecule has 4 rings (SSSR count). The van der Waals surface area contributed by atoms with Crippen molar-refractivity contribution in [3.63, 3.8) is 0 Å². The highest BCUT2D eigenvalue weighted by Gasteiger charge is 2.40. The number of ether oxygens (including phenoxy) is 1. The van der Waals surface area contributed by atoms with E-state index in [4.69, 9.17) is 4.74 Å². The monoisotopic (exact) mass is 336 g/mol. The SMILES string of the molecule is COc1ccc(N2C(=O)CCC2C(=O)N2CCc3ccccc32)cc1. The molecule has 0 saturated carbocycles. The summed E-state index contributed by atoms with van der Waals surface area (Å²) in [4.78, 5) is 29.1. The van der Waals surface area contributed by atoms with Gasteiger partial charge in [0.05, 0.1) is 7.11 Å². The van der Waals surface area contributed by atoms with Crippen molar-refractivity contribution in [3.8, 4) is 5.75 Å². The molecule has 5 heteroatoms. The molecule has 25 heavy (non-hydrogen) atoms. The van der Waals surface area contributed by atoms with Crippen molar-refractivity contribution in [2.45, 2.75) is 25.3 Å². The van der Waals surface area contributed by atoms with Gasteiger partial charge in [-0.2, -0.15) is 0 Å². The number of nitrogens with zero attached hydrogens (tertiary/aromatic N) is 2. The number of hydrogen-bond acceptors (Lipinski definition) is 3. The van der Waals surface area contributed by atoms with Crippen LogP contribution < -0.4 is 14.5 Å². The lowest BCUT2D eigenvalue weighted by molar-refractivity contribution is -0.122. The first-order chi connectivity index (χ1) is 12.2. The normalized spacial score (nSPS) is 19.2. The fourth-order valence-corrected chi connectivity index (χ4v) is 3.73. The van der Waals surface area contributed by atoms with Crippen LogP contribution in [0.25, 0.3) is 0 Å². The lowest BCUT2D eigenvalue weighted by Gasteiger charge is -2.28. The first-order valence-corrected chi connectivity index (χ1v) is 8.54. The molecule has 2 amide bonds. The Morgan fingerprint density at radius 3 is 2.60 bits per heavy atom. The summed E-state index contributed by atoms with van der Waals surface area (Å²) in [6.45, 7) is 0.680. The summed E-state index contributed by atoms with van der Waals surface area (Å²) in [6, 6.07) is 14.8. The Balaban J connectivity index is 1.62. The van der Waals surface area contributed by atoms with Crippen molar-refractivity contribution in [2.75, 3.05) is 23.5 Å². The van der Waals surface area contributed by atoms with Gasteiger partial charge in [-0.15, -0.1) is 0 Å². The number of anilines is 2. The number of amides is 2. The number of hydrogen-bond donors (Lipinski definition) is 0. The maximum Gasteiger partial charge on any atom is 0.250 e. The molecule has 0 aromatic heterocycles. The summed E-state index contributed by atoms with van der Waals surface area (Å²) < 4.78 is 5.17. The van der Waals surface area contributed by atoms with Crippen LogP contribution >= 0.6 is 0 Å². The smallest absolute Gasteiger partial charge is 0.250 e. The van der Waals surface area contributed by atoms with Crippen LogP contribution in [0.1, 0.15) is 18.4 Å². The van der Waals surface area contributed by atoms with Gasteiger partial charge < -0.3 is 9.64 Å². The predicted molar refractivity (Wildman–Crippen MR) is 96.0 cm³/mol. The van der Waals surface area contributed by atoms with E-state index in [1.807, 2.05) is 47.4 Å². The van der Waals surface area contributed by atoms with E-state index < -0.39 is 6.04 Å². The lowest BCUT2D eigenvalue weighted by Crippen LogP contribution is -2.46. The van der Waals surface area contributed by atoms with Crippen molar-refractivity contribution in [2.24, 2.45) is 0 Å². The Hall–Kier alpha value is -2.82. The predicted octanol–water partition coefficient (Wildman–Crippen LogP) is 2.78. The molecule has 0 N–H and O–H groups in total. The molecule has 0 bridgehead atoms. The molecule has 2 aliphatic rings. The number of para-hydroxylation sites is 1. The van der Waals surface area contributed by atoms with Gasteiger partial charge in [0.25, 0.3) is 0 Å². The van der Waals surface area contributed by atoms with Gasteiger partial charge in [-0.05, 0) is 48.7 Å². The minimum absolute atomic E-state index is 0.00370. The van der Waals surface area contributed by atoms with Crippen LogP contribution in [0.3, 0.4) is 0 Å². The molecule has 128 valence electrons. The first kappa shape index (κ1) is 15.7. The maximum absolute atomic E-state index is 13.2. The van der Waals surface area contributed by atoms with E-state index >= 15 is 0 Å². The van der Waals surface area contributed by atoms with E-state index in [1.54, 1.807) is 12.0 Å². The average molecular weight is 336 g/mol. The second-order valence-corrected chi connectivity index (χ2v) is 6.38. The van der Waals surface area contributed by atoms with Crippen LogP contribution in [0, 0.1) is 0 Å². The highest BCUT2D eigenvalue weighted by molar-refractivity contribution is 6.09. The number of carbonyl (C=O) groups excluding carboxylic acids is 2. The molecule has 1 fully saturated rings. The highest BCUT2D eigenvalue weighted by Crippen LogP contribution is 2.33. The van der Waals surface area contributed by atoms with Crippen molar-refractivity contribution < 1.29 is 14.3 Å². The fraction of sp³-hybridized carbons (Fsp3) is 0.300. The molecule has 0 spiro atoms. The second-order valence-electron chi connectivity index (χ2n) is 6.38. The van der Waals surface area contributed by atoms with E-state index in [-0.39, 0.29) is 11.8 Å². The topological polar surface area (TPSA) is 49.9 Å². The molecule has 0 radical (unpaired) electrons. The standard InChI is InChI=1S/C20H20N2O3/c1-25-16-8-6-15(7-9-16)22-18(10-11-19(22)23)20(24)21-13-12-14-4-2-3-5-17(14)21/h2-9,18H,10-13H2,1H3. The summed E-state index contributed by atoms with van der Waals surface area (Å²) in [5.41, 5.74) is 2.91. The molecule has 2 aromatic rings. The molecule has 1 atom stereocenters. The van der Waals surface area contributed by atoms with Gasteiger partial charge >= 0.3 is 0 Å². The van der Waals surface area contributed by atoms with E-state index in [0.29, 0.717) is 19.4 Å². The van der Waals surface area contributed by atoms with Gasteiger partial charge in [0.1, 0.15) is 11.8 Å². The van der Waals surface area contributed by atoms with Crippen molar-refractivity contribution in [3.05, 3.63) is 54.1 Å². The van der Waals surface area contributed by atoms with Crippen molar-refractivity contribution in [1.29, 1.82) is 0 Å². The van der Waals surface area contributed by atoms with E-state index in [0.717, 1.165) is 23.5 Å². The average Bonchev–Trinajstić information content (AvgIpc) is 3.25. The minimum atomic E-state index is -0.438. The van der Waals surface area contributed by atoms with E-state index in [1.165, 1.54) is 5.56 Å². The van der Waals surface area contributed by atoms with Gasteiger partial charge in [-0.25, -0.2) is 0 Å². The van der Waals surface area contributed by atoms with Crippen LogP contribution in [-0.2, 0) is 16.0 Å². The van der Waals surface area contributed by atoms with Gasteiger partial charge in [0.2, 0.25) is 11.8 Å². The van der Waals surface area contributed by atoms with Crippen molar-refractivity contribution >= 4 is 23.2 Å². The quantitative estimate of drug-likeness (QED) is 0.866. The molecular formula is C20H20N2O3. The summed E-state index contributed by atoms with van der Waals surface area (Å²) in [5.74, 6) is 0.731. The van der Waals surface area contributed by atoms with Gasteiger partial charge in [-0.1, -0.05) is 18.2 Å². The van der Waals surface area contributed by atoms with Crippen LogP contribution in [0.15, 0.2) is 48.5 Å². The number of fused-ring (bicyclic) bond motifs is 1. The van der Waals surface area contributed by atoms with Crippen LogP contribution in [0.4, 0.5) is 11.4 Å².